The monoisotopic (exact) mass is 275 g/mol. The van der Waals surface area contributed by atoms with E-state index in [9.17, 15) is 4.79 Å². The smallest absolute Gasteiger partial charge is 0.337 e. The van der Waals surface area contributed by atoms with Crippen molar-refractivity contribution in [3.8, 4) is 0 Å². The Labute approximate surface area is 117 Å². The van der Waals surface area contributed by atoms with Gasteiger partial charge in [0.05, 0.1) is 13.2 Å². The summed E-state index contributed by atoms with van der Waals surface area (Å²) in [7, 11) is 0. The molecule has 0 radical (unpaired) electrons. The Kier molecular flexibility index (Phi) is 3.83. The summed E-state index contributed by atoms with van der Waals surface area (Å²) in [5.74, 6) is 0.420. The molecule has 1 aromatic carbocycles. The molecule has 0 spiro atoms. The molecule has 0 aliphatic carbocycles. The van der Waals surface area contributed by atoms with Gasteiger partial charge in [-0.3, -0.25) is 15.1 Å². The molecule has 0 atom stereocenters. The first kappa shape index (κ1) is 12.9. The van der Waals surface area contributed by atoms with Crippen molar-refractivity contribution in [3.05, 3.63) is 24.3 Å². The Morgan fingerprint density at radius 1 is 1.25 bits per heavy atom. The lowest BCUT2D eigenvalue weighted by molar-refractivity contribution is -0.443. The number of amidine groups is 1. The second-order valence-electron chi connectivity index (χ2n) is 4.83. The highest BCUT2D eigenvalue weighted by Crippen LogP contribution is 2.18. The van der Waals surface area contributed by atoms with E-state index in [2.05, 4.69) is 20.5 Å². The topological polar surface area (TPSA) is 67.6 Å². The first-order chi connectivity index (χ1) is 9.83. The van der Waals surface area contributed by atoms with E-state index in [4.69, 9.17) is 4.74 Å². The van der Waals surface area contributed by atoms with Gasteiger partial charge < -0.3 is 15.0 Å². The van der Waals surface area contributed by atoms with E-state index in [-0.39, 0.29) is 5.91 Å². The summed E-state index contributed by atoms with van der Waals surface area (Å²) in [5.41, 5.74) is 1.96. The van der Waals surface area contributed by atoms with Gasteiger partial charge in [-0.15, -0.1) is 0 Å². The molecule has 20 heavy (non-hydrogen) atoms. The standard InChI is InChI=1S/C14H18N4O2/c19-14(13-15-5-6-16-13)17-11-1-3-12(4-2-11)18-7-9-20-10-8-18/h1-4H,5-10H2,(H,15,16)(H,17,19)/p+1. The van der Waals surface area contributed by atoms with Gasteiger partial charge in [-0.2, -0.15) is 0 Å². The Bertz CT molecular complexity index is 506. The summed E-state index contributed by atoms with van der Waals surface area (Å²) < 4.78 is 5.34. The van der Waals surface area contributed by atoms with Gasteiger partial charge in [0.2, 0.25) is 0 Å². The predicted molar refractivity (Wildman–Crippen MR) is 76.9 cm³/mol. The zero-order valence-corrected chi connectivity index (χ0v) is 11.3. The number of nitrogens with one attached hydrogen (secondary N) is 3. The van der Waals surface area contributed by atoms with Crippen LogP contribution in [-0.4, -0.2) is 51.1 Å². The molecule has 6 heteroatoms. The fourth-order valence-electron chi connectivity index (χ4n) is 2.37. The molecule has 2 aliphatic heterocycles. The Morgan fingerprint density at radius 2 is 2.00 bits per heavy atom. The number of benzene rings is 1. The van der Waals surface area contributed by atoms with Crippen molar-refractivity contribution < 1.29 is 14.5 Å². The van der Waals surface area contributed by atoms with Crippen molar-refractivity contribution in [2.75, 3.05) is 49.6 Å². The highest BCUT2D eigenvalue weighted by atomic mass is 16.5. The summed E-state index contributed by atoms with van der Waals surface area (Å²) in [6.45, 7) is 4.95. The van der Waals surface area contributed by atoms with Gasteiger partial charge >= 0.3 is 11.7 Å². The number of hydrogen-bond acceptors (Lipinski definition) is 4. The third-order valence-corrected chi connectivity index (χ3v) is 3.46. The molecule has 0 bridgehead atoms. The van der Waals surface area contributed by atoms with Crippen LogP contribution in [0.1, 0.15) is 0 Å². The minimum absolute atomic E-state index is 0.123. The summed E-state index contributed by atoms with van der Waals surface area (Å²) >= 11 is 0. The highest BCUT2D eigenvalue weighted by molar-refractivity contribution is 6.40. The van der Waals surface area contributed by atoms with Crippen LogP contribution in [0.4, 0.5) is 11.4 Å². The van der Waals surface area contributed by atoms with Crippen LogP contribution >= 0.6 is 0 Å². The third kappa shape index (κ3) is 2.91. The minimum Gasteiger partial charge on any atom is -0.378 e. The normalized spacial score (nSPS) is 18.4. The summed E-state index contributed by atoms with van der Waals surface area (Å²) in [5, 5.41) is 5.88. The average molecular weight is 275 g/mol. The van der Waals surface area contributed by atoms with Gasteiger partial charge in [-0.25, -0.2) is 0 Å². The Morgan fingerprint density at radius 3 is 2.65 bits per heavy atom. The van der Waals surface area contributed by atoms with E-state index in [1.165, 1.54) is 0 Å². The number of rotatable bonds is 3. The van der Waals surface area contributed by atoms with Crippen molar-refractivity contribution >= 4 is 23.1 Å². The van der Waals surface area contributed by atoms with Crippen molar-refractivity contribution in [2.24, 2.45) is 0 Å². The van der Waals surface area contributed by atoms with Crippen LogP contribution in [0, 0.1) is 0 Å². The van der Waals surface area contributed by atoms with Gasteiger partial charge in [-0.05, 0) is 24.3 Å². The maximum Gasteiger partial charge on any atom is 0.337 e. The maximum absolute atomic E-state index is 11.9. The first-order valence-corrected chi connectivity index (χ1v) is 6.92. The number of ether oxygens (including phenoxy) is 1. The zero-order valence-electron chi connectivity index (χ0n) is 11.3. The van der Waals surface area contributed by atoms with Crippen LogP contribution in [0.15, 0.2) is 24.3 Å². The van der Waals surface area contributed by atoms with Gasteiger partial charge in [0.1, 0.15) is 13.1 Å². The molecule has 3 rings (SSSR count). The number of nitrogens with zero attached hydrogens (tertiary/aromatic N) is 1. The Hall–Kier alpha value is -2.08. The molecule has 1 fully saturated rings. The van der Waals surface area contributed by atoms with E-state index in [1.54, 1.807) is 0 Å². The number of morpholine rings is 1. The van der Waals surface area contributed by atoms with E-state index in [0.717, 1.165) is 50.8 Å². The van der Waals surface area contributed by atoms with Gasteiger partial charge in [0.15, 0.2) is 0 Å². The van der Waals surface area contributed by atoms with E-state index < -0.39 is 0 Å². The molecular formula is C14H19N4O2+. The van der Waals surface area contributed by atoms with Crippen LogP contribution in [0.25, 0.3) is 0 Å². The predicted octanol–water partition coefficient (Wildman–Crippen LogP) is -1.46. The minimum atomic E-state index is -0.123. The quantitative estimate of drug-likeness (QED) is 0.631. The van der Waals surface area contributed by atoms with E-state index >= 15 is 0 Å². The van der Waals surface area contributed by atoms with E-state index in [0.29, 0.717) is 5.84 Å². The second kappa shape index (κ2) is 5.92. The molecule has 2 aliphatic rings. The van der Waals surface area contributed by atoms with Crippen molar-refractivity contribution in [1.29, 1.82) is 0 Å². The van der Waals surface area contributed by atoms with E-state index in [1.807, 2.05) is 24.3 Å². The van der Waals surface area contributed by atoms with Crippen molar-refractivity contribution in [3.63, 3.8) is 0 Å². The van der Waals surface area contributed by atoms with Crippen LogP contribution in [-0.2, 0) is 9.53 Å². The van der Waals surface area contributed by atoms with Crippen LogP contribution in [0.2, 0.25) is 0 Å². The van der Waals surface area contributed by atoms with Gasteiger partial charge in [0, 0.05) is 24.5 Å². The number of carbonyl (C=O) groups is 1. The molecule has 0 aromatic heterocycles. The van der Waals surface area contributed by atoms with Gasteiger partial charge in [-0.1, -0.05) is 0 Å². The largest absolute Gasteiger partial charge is 0.378 e. The fraction of sp³-hybridized carbons (Fsp3) is 0.429. The first-order valence-electron chi connectivity index (χ1n) is 6.92. The molecule has 2 heterocycles. The Balaban J connectivity index is 1.62. The molecule has 1 aromatic rings. The molecule has 1 amide bonds. The molecule has 0 saturated carbocycles. The van der Waals surface area contributed by atoms with Crippen LogP contribution in [0.5, 0.6) is 0 Å². The van der Waals surface area contributed by atoms with Crippen molar-refractivity contribution in [2.45, 2.75) is 0 Å². The zero-order chi connectivity index (χ0) is 13.8. The number of hydrogen-bond donors (Lipinski definition) is 3. The molecule has 106 valence electrons. The lowest BCUT2D eigenvalue weighted by Crippen LogP contribution is -2.73. The van der Waals surface area contributed by atoms with Crippen LogP contribution < -0.4 is 20.5 Å². The van der Waals surface area contributed by atoms with Crippen molar-refractivity contribution in [1.82, 2.24) is 5.32 Å². The summed E-state index contributed by atoms with van der Waals surface area (Å²) in [6.07, 6.45) is 0. The fourth-order valence-corrected chi connectivity index (χ4v) is 2.37. The third-order valence-electron chi connectivity index (χ3n) is 3.46. The average Bonchev–Trinajstić information content (AvgIpc) is 3.03. The molecule has 3 N–H and O–H groups in total. The number of anilines is 2. The molecule has 6 nitrogen and oxygen atoms in total. The SMILES string of the molecule is O=C(Nc1ccc(N2CCOCC2)cc1)C1=[NH+]CCN1. The second-order valence-corrected chi connectivity index (χ2v) is 4.83. The summed E-state index contributed by atoms with van der Waals surface area (Å²) in [4.78, 5) is 17.2. The van der Waals surface area contributed by atoms with Gasteiger partial charge in [0.25, 0.3) is 0 Å². The molecule has 0 unspecified atom stereocenters. The lowest BCUT2D eigenvalue weighted by Gasteiger charge is -2.28. The lowest BCUT2D eigenvalue weighted by atomic mass is 10.2. The molecule has 1 saturated heterocycles. The maximum atomic E-state index is 11.9. The number of carbonyl (C=O) groups excluding carboxylic acids is 1. The summed E-state index contributed by atoms with van der Waals surface area (Å²) in [6, 6.07) is 7.92. The van der Waals surface area contributed by atoms with Crippen LogP contribution in [0.3, 0.4) is 0 Å². The molecular weight excluding hydrogens is 256 g/mol. The highest BCUT2D eigenvalue weighted by Gasteiger charge is 2.21. The number of amides is 1.